The lowest BCUT2D eigenvalue weighted by Gasteiger charge is -2.63. The minimum absolute atomic E-state index is 0. The molecule has 0 amide bonds. The van der Waals surface area contributed by atoms with Crippen molar-refractivity contribution in [1.82, 2.24) is 4.90 Å². The number of benzene rings is 1. The average molecular weight is 386 g/mol. The Bertz CT molecular complexity index is 697. The van der Waals surface area contributed by atoms with E-state index in [1.807, 2.05) is 12.1 Å². The number of hydrogen-bond acceptors (Lipinski definition) is 4. The van der Waals surface area contributed by atoms with Crippen molar-refractivity contribution in [3.05, 3.63) is 42.0 Å². The molecule has 6 nitrogen and oxygen atoms in total. The van der Waals surface area contributed by atoms with E-state index in [-0.39, 0.29) is 40.9 Å². The van der Waals surface area contributed by atoms with Crippen molar-refractivity contribution >= 4 is 18.2 Å². The maximum absolute atomic E-state index is 12.3. The highest BCUT2D eigenvalue weighted by atomic mass is 35.5. The predicted octanol–water partition coefficient (Wildman–Crippen LogP) is 0.703. The second kappa shape index (κ2) is 7.66. The number of likely N-dealkylation sites (tertiary alicyclic amines) is 1. The van der Waals surface area contributed by atoms with Crippen molar-refractivity contribution in [2.75, 3.05) is 13.1 Å². The molecular formula is C19H28ClNO5. The molecule has 2 aliphatic carbocycles. The number of halogens is 1. The highest BCUT2D eigenvalue weighted by molar-refractivity contribution is 5.85. The van der Waals surface area contributed by atoms with Crippen molar-refractivity contribution in [2.45, 2.75) is 49.2 Å². The number of fused-ring (bicyclic) bond motifs is 1. The van der Waals surface area contributed by atoms with Gasteiger partial charge in [-0.3, -0.25) is 9.69 Å². The van der Waals surface area contributed by atoms with E-state index in [1.54, 1.807) is 12.1 Å². The number of phenolic OH excluding ortho intramolecular Hbond substituents is 1. The number of aromatic hydroxyl groups is 1. The fourth-order valence-electron chi connectivity index (χ4n) is 5.27. The SMILES string of the molecule is C=CCN1CC[C@@]23CC(=O)CC[C@@]2(O)[C@@H]1Cc1ccc(O)cc13.Cl.O.O. The molecule has 1 heterocycles. The Morgan fingerprint density at radius 1 is 1.31 bits per heavy atom. The van der Waals surface area contributed by atoms with Gasteiger partial charge in [0.2, 0.25) is 0 Å². The molecule has 0 radical (unpaired) electrons. The van der Waals surface area contributed by atoms with Crippen LogP contribution in [0.25, 0.3) is 0 Å². The first-order valence-corrected chi connectivity index (χ1v) is 8.41. The first-order chi connectivity index (χ1) is 11.0. The van der Waals surface area contributed by atoms with Crippen LogP contribution in [0.4, 0.5) is 0 Å². The number of ketones is 1. The molecule has 2 fully saturated rings. The minimum Gasteiger partial charge on any atom is -0.508 e. The molecule has 1 saturated heterocycles. The van der Waals surface area contributed by atoms with Crippen LogP contribution in [0.2, 0.25) is 0 Å². The molecule has 0 spiro atoms. The second-order valence-electron chi connectivity index (χ2n) is 7.32. The van der Waals surface area contributed by atoms with Gasteiger partial charge in [0.15, 0.2) is 0 Å². The van der Waals surface area contributed by atoms with E-state index in [0.717, 1.165) is 37.1 Å². The van der Waals surface area contributed by atoms with E-state index >= 15 is 0 Å². The Labute approximate surface area is 159 Å². The standard InChI is InChI=1S/C19H23NO3.ClH.2H2O/c1-2-8-20-9-7-18-12-15(22)5-6-19(18,23)17(20)10-13-3-4-14(21)11-16(13)18;;;/h2-4,11,17,21,23H,1,5-10,12H2;1H;2*1H2/t17-,18-,19+;;;/m0.../s1. The summed E-state index contributed by atoms with van der Waals surface area (Å²) >= 11 is 0. The molecule has 3 aliphatic rings. The minimum atomic E-state index is -0.900. The van der Waals surface area contributed by atoms with E-state index < -0.39 is 11.0 Å². The number of phenols is 1. The molecule has 0 aromatic heterocycles. The highest BCUT2D eigenvalue weighted by Gasteiger charge is 2.64. The quantitative estimate of drug-likeness (QED) is 0.727. The third kappa shape index (κ3) is 2.86. The summed E-state index contributed by atoms with van der Waals surface area (Å²) in [7, 11) is 0. The predicted molar refractivity (Wildman–Crippen MR) is 102 cm³/mol. The van der Waals surface area contributed by atoms with Gasteiger partial charge in [0, 0.05) is 30.8 Å². The number of carbonyl (C=O) groups is 1. The number of nitrogens with zero attached hydrogens (tertiary/aromatic N) is 1. The van der Waals surface area contributed by atoms with Gasteiger partial charge in [-0.15, -0.1) is 19.0 Å². The lowest BCUT2D eigenvalue weighted by molar-refractivity contribution is -0.170. The fraction of sp³-hybridized carbons (Fsp3) is 0.526. The Kier molecular flexibility index (Phi) is 6.66. The lowest BCUT2D eigenvalue weighted by Crippen LogP contribution is -2.73. The smallest absolute Gasteiger partial charge is 0.134 e. The molecule has 6 N–H and O–H groups in total. The molecule has 4 rings (SSSR count). The number of aliphatic hydroxyl groups is 1. The highest BCUT2D eigenvalue weighted by Crippen LogP contribution is 2.57. The van der Waals surface area contributed by atoms with Crippen LogP contribution in [0, 0.1) is 0 Å². The molecule has 3 atom stereocenters. The van der Waals surface area contributed by atoms with Crippen molar-refractivity contribution in [3.8, 4) is 5.75 Å². The summed E-state index contributed by atoms with van der Waals surface area (Å²) in [6, 6.07) is 5.45. The summed E-state index contributed by atoms with van der Waals surface area (Å²) in [5.41, 5.74) is 0.698. The molecule has 1 aromatic carbocycles. The number of piperidine rings is 1. The van der Waals surface area contributed by atoms with E-state index in [2.05, 4.69) is 11.5 Å². The third-order valence-electron chi connectivity index (χ3n) is 6.32. The Hall–Kier alpha value is -1.44. The zero-order valence-corrected chi connectivity index (χ0v) is 15.5. The molecule has 0 unspecified atom stereocenters. The van der Waals surface area contributed by atoms with Gasteiger partial charge in [0.1, 0.15) is 11.5 Å². The monoisotopic (exact) mass is 385 g/mol. The van der Waals surface area contributed by atoms with E-state index in [1.165, 1.54) is 0 Å². The maximum atomic E-state index is 12.3. The maximum Gasteiger partial charge on any atom is 0.134 e. The Morgan fingerprint density at radius 2 is 2.04 bits per heavy atom. The first-order valence-electron chi connectivity index (χ1n) is 8.41. The van der Waals surface area contributed by atoms with Gasteiger partial charge >= 0.3 is 0 Å². The van der Waals surface area contributed by atoms with Crippen molar-refractivity contribution < 1.29 is 26.0 Å². The van der Waals surface area contributed by atoms with Gasteiger partial charge in [-0.2, -0.15) is 0 Å². The summed E-state index contributed by atoms with van der Waals surface area (Å²) in [5.74, 6) is 0.437. The summed E-state index contributed by atoms with van der Waals surface area (Å²) in [4.78, 5) is 14.6. The van der Waals surface area contributed by atoms with Gasteiger partial charge in [-0.25, -0.2) is 0 Å². The molecule has 7 heteroatoms. The van der Waals surface area contributed by atoms with Gasteiger partial charge in [0.05, 0.1) is 5.60 Å². The summed E-state index contributed by atoms with van der Waals surface area (Å²) in [6.07, 6.45) is 4.74. The zero-order valence-electron chi connectivity index (χ0n) is 14.7. The van der Waals surface area contributed by atoms with Crippen LogP contribution in [0.15, 0.2) is 30.9 Å². The number of rotatable bonds is 2. The summed E-state index contributed by atoms with van der Waals surface area (Å²) in [5, 5.41) is 21.7. The van der Waals surface area contributed by atoms with Gasteiger partial charge in [-0.05, 0) is 49.1 Å². The topological polar surface area (TPSA) is 124 Å². The van der Waals surface area contributed by atoms with Gasteiger partial charge < -0.3 is 21.2 Å². The van der Waals surface area contributed by atoms with E-state index in [0.29, 0.717) is 19.3 Å². The molecular weight excluding hydrogens is 358 g/mol. The Morgan fingerprint density at radius 3 is 2.73 bits per heavy atom. The molecule has 146 valence electrons. The summed E-state index contributed by atoms with van der Waals surface area (Å²) < 4.78 is 0. The van der Waals surface area contributed by atoms with Crippen molar-refractivity contribution in [1.29, 1.82) is 0 Å². The van der Waals surface area contributed by atoms with E-state index in [9.17, 15) is 15.0 Å². The lowest BCUT2D eigenvalue weighted by atomic mass is 9.49. The van der Waals surface area contributed by atoms with Crippen LogP contribution in [0.1, 0.15) is 36.8 Å². The molecule has 1 aliphatic heterocycles. The third-order valence-corrected chi connectivity index (χ3v) is 6.32. The number of carbonyl (C=O) groups excluding carboxylic acids is 1. The second-order valence-corrected chi connectivity index (χ2v) is 7.32. The van der Waals surface area contributed by atoms with Gasteiger partial charge in [-0.1, -0.05) is 12.1 Å². The summed E-state index contributed by atoms with van der Waals surface area (Å²) in [6.45, 7) is 5.45. The van der Waals surface area contributed by atoms with Crippen LogP contribution in [0.5, 0.6) is 5.75 Å². The average Bonchev–Trinajstić information content (AvgIpc) is 2.52. The van der Waals surface area contributed by atoms with Crippen LogP contribution in [0.3, 0.4) is 0 Å². The molecule has 1 saturated carbocycles. The van der Waals surface area contributed by atoms with Crippen molar-refractivity contribution in [3.63, 3.8) is 0 Å². The van der Waals surface area contributed by atoms with Crippen LogP contribution < -0.4 is 0 Å². The van der Waals surface area contributed by atoms with E-state index in [4.69, 9.17) is 0 Å². The Balaban J connectivity index is 0.00000113. The number of hydrogen-bond donors (Lipinski definition) is 2. The zero-order chi connectivity index (χ0) is 16.2. The van der Waals surface area contributed by atoms with Crippen LogP contribution in [-0.2, 0) is 16.6 Å². The molecule has 2 bridgehead atoms. The van der Waals surface area contributed by atoms with Crippen molar-refractivity contribution in [2.24, 2.45) is 0 Å². The normalized spacial score (nSPS) is 32.0. The largest absolute Gasteiger partial charge is 0.508 e. The fourth-order valence-corrected chi connectivity index (χ4v) is 5.27. The van der Waals surface area contributed by atoms with Crippen LogP contribution >= 0.6 is 12.4 Å². The van der Waals surface area contributed by atoms with Crippen LogP contribution in [-0.4, -0.2) is 56.6 Å². The first kappa shape index (κ1) is 22.6. The van der Waals surface area contributed by atoms with Gasteiger partial charge in [0.25, 0.3) is 0 Å². The molecule has 26 heavy (non-hydrogen) atoms. The molecule has 1 aromatic rings. The number of Topliss-reactive ketones (excluding diaryl/α,β-unsaturated/α-hetero) is 1.